The van der Waals surface area contributed by atoms with Crippen LogP contribution >= 0.6 is 0 Å². The van der Waals surface area contributed by atoms with Crippen molar-refractivity contribution >= 4 is 21.8 Å². The van der Waals surface area contributed by atoms with Crippen molar-refractivity contribution in [2.75, 3.05) is 18.1 Å². The van der Waals surface area contributed by atoms with Crippen molar-refractivity contribution in [3.63, 3.8) is 0 Å². The van der Waals surface area contributed by atoms with Crippen molar-refractivity contribution in [3.05, 3.63) is 0 Å². The summed E-state index contributed by atoms with van der Waals surface area (Å²) in [5.41, 5.74) is -0.932. The summed E-state index contributed by atoms with van der Waals surface area (Å²) in [7, 11) is -3.15. The standard InChI is InChI=1S/C11H20N2O4S/c1-4-7-18(16,17)8-6-13-10(15)12-9(14)11(13,3)5-2/h4-8H2,1-3H3,(H,12,14,15). The van der Waals surface area contributed by atoms with Gasteiger partial charge in [0.2, 0.25) is 0 Å². The first-order valence-corrected chi connectivity index (χ1v) is 7.92. The van der Waals surface area contributed by atoms with Crippen LogP contribution in [-0.2, 0) is 14.6 Å². The van der Waals surface area contributed by atoms with Crippen LogP contribution in [0.25, 0.3) is 0 Å². The quantitative estimate of drug-likeness (QED) is 0.717. The van der Waals surface area contributed by atoms with Gasteiger partial charge >= 0.3 is 6.03 Å². The van der Waals surface area contributed by atoms with E-state index in [1.54, 1.807) is 20.8 Å². The van der Waals surface area contributed by atoms with Crippen LogP contribution in [0.4, 0.5) is 4.79 Å². The minimum Gasteiger partial charge on any atom is -0.309 e. The third-order valence-corrected chi connectivity index (χ3v) is 5.21. The maximum absolute atomic E-state index is 11.7. The van der Waals surface area contributed by atoms with Gasteiger partial charge in [0, 0.05) is 12.3 Å². The number of imide groups is 1. The highest BCUT2D eigenvalue weighted by Gasteiger charge is 2.47. The fourth-order valence-electron chi connectivity index (χ4n) is 1.99. The number of nitrogens with one attached hydrogen (secondary N) is 1. The second-order valence-corrected chi connectivity index (χ2v) is 6.99. The average molecular weight is 276 g/mol. The van der Waals surface area contributed by atoms with E-state index in [1.807, 2.05) is 0 Å². The molecule has 104 valence electrons. The molecule has 0 aromatic carbocycles. The van der Waals surface area contributed by atoms with E-state index < -0.39 is 21.4 Å². The molecule has 1 rings (SSSR count). The monoisotopic (exact) mass is 276 g/mol. The lowest BCUT2D eigenvalue weighted by Crippen LogP contribution is -2.48. The number of urea groups is 1. The van der Waals surface area contributed by atoms with E-state index in [1.165, 1.54) is 4.90 Å². The largest absolute Gasteiger partial charge is 0.325 e. The Morgan fingerprint density at radius 2 is 1.83 bits per heavy atom. The Bertz CT molecular complexity index is 446. The van der Waals surface area contributed by atoms with Gasteiger partial charge in [-0.05, 0) is 19.8 Å². The molecule has 18 heavy (non-hydrogen) atoms. The van der Waals surface area contributed by atoms with Crippen LogP contribution in [0.1, 0.15) is 33.6 Å². The molecular weight excluding hydrogens is 256 g/mol. The highest BCUT2D eigenvalue weighted by Crippen LogP contribution is 2.24. The van der Waals surface area contributed by atoms with Crippen molar-refractivity contribution in [1.82, 2.24) is 10.2 Å². The Hall–Kier alpha value is -1.11. The molecular formula is C11H20N2O4S. The van der Waals surface area contributed by atoms with Gasteiger partial charge in [-0.15, -0.1) is 0 Å². The number of hydrogen-bond donors (Lipinski definition) is 1. The molecule has 1 heterocycles. The van der Waals surface area contributed by atoms with E-state index in [2.05, 4.69) is 5.32 Å². The number of carbonyl (C=O) groups excluding carboxylic acids is 2. The van der Waals surface area contributed by atoms with Crippen LogP contribution in [-0.4, -0.2) is 48.8 Å². The Balaban J connectivity index is 2.77. The Morgan fingerprint density at radius 1 is 1.22 bits per heavy atom. The maximum Gasteiger partial charge on any atom is 0.325 e. The van der Waals surface area contributed by atoms with Crippen molar-refractivity contribution < 1.29 is 18.0 Å². The second kappa shape index (κ2) is 5.26. The van der Waals surface area contributed by atoms with Crippen molar-refractivity contribution in [1.29, 1.82) is 0 Å². The molecule has 0 spiro atoms. The van der Waals surface area contributed by atoms with Crippen molar-refractivity contribution in [3.8, 4) is 0 Å². The normalized spacial score (nSPS) is 24.5. The minimum absolute atomic E-state index is 0.0598. The molecule has 1 saturated heterocycles. The van der Waals surface area contributed by atoms with Gasteiger partial charge in [-0.2, -0.15) is 0 Å². The van der Waals surface area contributed by atoms with E-state index in [0.717, 1.165) is 0 Å². The molecule has 0 aliphatic carbocycles. The average Bonchev–Trinajstić information content (AvgIpc) is 2.48. The van der Waals surface area contributed by atoms with Gasteiger partial charge in [0.15, 0.2) is 9.84 Å². The van der Waals surface area contributed by atoms with Crippen molar-refractivity contribution in [2.24, 2.45) is 0 Å². The zero-order valence-electron chi connectivity index (χ0n) is 11.0. The van der Waals surface area contributed by atoms with Gasteiger partial charge in [0.1, 0.15) is 5.54 Å². The van der Waals surface area contributed by atoms with Crippen LogP contribution in [0.15, 0.2) is 0 Å². The topological polar surface area (TPSA) is 83.6 Å². The van der Waals surface area contributed by atoms with E-state index in [9.17, 15) is 18.0 Å². The molecule has 1 fully saturated rings. The molecule has 0 bridgehead atoms. The molecule has 6 nitrogen and oxygen atoms in total. The van der Waals surface area contributed by atoms with Gasteiger partial charge in [0.05, 0.1) is 5.75 Å². The first-order valence-electron chi connectivity index (χ1n) is 6.10. The van der Waals surface area contributed by atoms with E-state index in [0.29, 0.717) is 12.8 Å². The molecule has 3 amide bonds. The molecule has 0 radical (unpaired) electrons. The molecule has 1 N–H and O–H groups in total. The first kappa shape index (κ1) is 14.9. The third kappa shape index (κ3) is 2.82. The van der Waals surface area contributed by atoms with Gasteiger partial charge in [-0.3, -0.25) is 10.1 Å². The summed E-state index contributed by atoms with van der Waals surface area (Å²) in [4.78, 5) is 24.6. The van der Waals surface area contributed by atoms with Gasteiger partial charge in [-0.25, -0.2) is 13.2 Å². The van der Waals surface area contributed by atoms with Crippen LogP contribution in [0.3, 0.4) is 0 Å². The SMILES string of the molecule is CCCS(=O)(=O)CCN1C(=O)NC(=O)C1(C)CC. The molecule has 1 aliphatic rings. The number of carbonyl (C=O) groups is 2. The maximum atomic E-state index is 11.7. The van der Waals surface area contributed by atoms with E-state index >= 15 is 0 Å². The van der Waals surface area contributed by atoms with Crippen LogP contribution in [0.5, 0.6) is 0 Å². The zero-order valence-corrected chi connectivity index (χ0v) is 11.8. The fourth-order valence-corrected chi connectivity index (χ4v) is 3.28. The summed E-state index contributed by atoms with van der Waals surface area (Å²) < 4.78 is 23.3. The molecule has 1 atom stereocenters. The molecule has 0 saturated carbocycles. The lowest BCUT2D eigenvalue weighted by Gasteiger charge is -2.30. The summed E-state index contributed by atoms with van der Waals surface area (Å²) in [5.74, 6) is -0.348. The predicted molar refractivity (Wildman–Crippen MR) is 67.9 cm³/mol. The number of amides is 3. The molecule has 0 aromatic heterocycles. The second-order valence-electron chi connectivity index (χ2n) is 4.69. The molecule has 1 unspecified atom stereocenters. The van der Waals surface area contributed by atoms with Crippen molar-refractivity contribution in [2.45, 2.75) is 39.2 Å². The zero-order chi connectivity index (χ0) is 14.0. The molecule has 7 heteroatoms. The summed E-state index contributed by atoms with van der Waals surface area (Å²) >= 11 is 0. The number of hydrogen-bond acceptors (Lipinski definition) is 4. The van der Waals surface area contributed by atoms with E-state index in [4.69, 9.17) is 0 Å². The smallest absolute Gasteiger partial charge is 0.309 e. The van der Waals surface area contributed by atoms with Crippen LogP contribution < -0.4 is 5.32 Å². The molecule has 0 aromatic rings. The third-order valence-electron chi connectivity index (χ3n) is 3.38. The first-order chi connectivity index (χ1) is 8.27. The lowest BCUT2D eigenvalue weighted by atomic mass is 9.98. The fraction of sp³-hybridized carbons (Fsp3) is 0.818. The Morgan fingerprint density at radius 3 is 2.33 bits per heavy atom. The highest BCUT2D eigenvalue weighted by molar-refractivity contribution is 7.91. The molecule has 1 aliphatic heterocycles. The Labute approximate surface area is 108 Å². The number of sulfone groups is 1. The summed E-state index contributed by atoms with van der Waals surface area (Å²) in [6.45, 7) is 5.30. The number of rotatable bonds is 6. The van der Waals surface area contributed by atoms with Gasteiger partial charge < -0.3 is 4.90 Å². The lowest BCUT2D eigenvalue weighted by molar-refractivity contribution is -0.125. The summed E-state index contributed by atoms with van der Waals surface area (Å²) in [5, 5.41) is 2.23. The van der Waals surface area contributed by atoms with Crippen LogP contribution in [0.2, 0.25) is 0 Å². The minimum atomic E-state index is -3.15. The van der Waals surface area contributed by atoms with E-state index in [-0.39, 0.29) is 24.0 Å². The highest BCUT2D eigenvalue weighted by atomic mass is 32.2. The summed E-state index contributed by atoms with van der Waals surface area (Å²) in [6, 6.07) is -0.504. The Kier molecular flexibility index (Phi) is 4.37. The number of nitrogens with zero attached hydrogens (tertiary/aromatic N) is 1. The van der Waals surface area contributed by atoms with Gasteiger partial charge in [-0.1, -0.05) is 13.8 Å². The summed E-state index contributed by atoms with van der Waals surface area (Å²) in [6.07, 6.45) is 1.01. The van der Waals surface area contributed by atoms with Crippen LogP contribution in [0, 0.1) is 0 Å². The van der Waals surface area contributed by atoms with Gasteiger partial charge in [0.25, 0.3) is 5.91 Å². The predicted octanol–water partition coefficient (Wildman–Crippen LogP) is 0.532.